The minimum absolute atomic E-state index is 0.146. The number of hydrogen-bond acceptors (Lipinski definition) is 4. The average molecular weight is 355 g/mol. The molecule has 0 saturated carbocycles. The molecule has 130 valence electrons. The molecule has 0 bridgehead atoms. The summed E-state index contributed by atoms with van der Waals surface area (Å²) in [6.45, 7) is 3.29. The van der Waals surface area contributed by atoms with Gasteiger partial charge in [0.25, 0.3) is 0 Å². The predicted molar refractivity (Wildman–Crippen MR) is 96.7 cm³/mol. The summed E-state index contributed by atoms with van der Waals surface area (Å²) in [7, 11) is 0. The number of rotatable bonds is 3. The molecule has 1 aromatic heterocycles. The number of esters is 1. The third-order valence-corrected chi connectivity index (χ3v) is 6.35. The Morgan fingerprint density at radius 2 is 2.16 bits per heavy atom. The lowest BCUT2D eigenvalue weighted by Crippen LogP contribution is -2.48. The van der Waals surface area contributed by atoms with Gasteiger partial charge < -0.3 is 9.64 Å². The minimum Gasteiger partial charge on any atom is -0.449 e. The number of hydrogen-bond donors (Lipinski definition) is 0. The van der Waals surface area contributed by atoms with E-state index in [1.807, 2.05) is 29.2 Å². The van der Waals surface area contributed by atoms with Crippen molar-refractivity contribution in [2.45, 2.75) is 38.2 Å². The molecule has 1 fully saturated rings. The Hall–Kier alpha value is -2.14. The van der Waals surface area contributed by atoms with Crippen LogP contribution >= 0.6 is 11.3 Å². The second-order valence-electron chi connectivity index (χ2n) is 6.88. The van der Waals surface area contributed by atoms with E-state index in [1.165, 1.54) is 10.4 Å². The lowest BCUT2D eigenvalue weighted by atomic mass is 9.85. The number of benzene rings is 1. The highest BCUT2D eigenvalue weighted by atomic mass is 32.1. The molecule has 1 saturated heterocycles. The summed E-state index contributed by atoms with van der Waals surface area (Å²) in [5.74, 6) is -0.119. The average Bonchev–Trinajstić information content (AvgIpc) is 3.15. The fourth-order valence-corrected chi connectivity index (χ4v) is 4.83. The van der Waals surface area contributed by atoms with Gasteiger partial charge in [0, 0.05) is 23.4 Å². The van der Waals surface area contributed by atoms with Gasteiger partial charge in [0.1, 0.15) is 0 Å². The molecule has 2 aliphatic rings. The van der Waals surface area contributed by atoms with Crippen LogP contribution in [0.25, 0.3) is 0 Å². The zero-order valence-corrected chi connectivity index (χ0v) is 15.1. The van der Waals surface area contributed by atoms with Crippen LogP contribution in [0.3, 0.4) is 0 Å². The van der Waals surface area contributed by atoms with Crippen molar-refractivity contribution in [3.8, 4) is 0 Å². The van der Waals surface area contributed by atoms with Crippen molar-refractivity contribution in [1.29, 1.82) is 0 Å². The van der Waals surface area contributed by atoms with Crippen molar-refractivity contribution < 1.29 is 14.3 Å². The normalized spacial score (nSPS) is 22.1. The van der Waals surface area contributed by atoms with Crippen LogP contribution in [0.15, 0.2) is 35.7 Å². The third kappa shape index (κ3) is 2.86. The van der Waals surface area contributed by atoms with Gasteiger partial charge in [0.15, 0.2) is 5.60 Å². The van der Waals surface area contributed by atoms with Crippen molar-refractivity contribution in [2.75, 3.05) is 13.1 Å². The van der Waals surface area contributed by atoms with E-state index < -0.39 is 5.60 Å². The number of likely N-dealkylation sites (tertiary alicyclic amines) is 1. The van der Waals surface area contributed by atoms with Gasteiger partial charge in [-0.3, -0.25) is 4.79 Å². The summed E-state index contributed by atoms with van der Waals surface area (Å²) >= 11 is 1.71. The van der Waals surface area contributed by atoms with Gasteiger partial charge in [-0.15, -0.1) is 11.3 Å². The second-order valence-corrected chi connectivity index (χ2v) is 7.88. The second kappa shape index (κ2) is 6.30. The Morgan fingerprint density at radius 1 is 1.32 bits per heavy atom. The summed E-state index contributed by atoms with van der Waals surface area (Å²) in [6.07, 6.45) is 2.92. The van der Waals surface area contributed by atoms with Crippen LogP contribution in [0.4, 0.5) is 0 Å². The van der Waals surface area contributed by atoms with Crippen LogP contribution in [-0.4, -0.2) is 29.9 Å². The molecule has 4 nitrogen and oxygen atoms in total. The van der Waals surface area contributed by atoms with E-state index in [2.05, 4.69) is 18.4 Å². The molecule has 1 amide bonds. The summed E-state index contributed by atoms with van der Waals surface area (Å²) in [4.78, 5) is 28.1. The monoisotopic (exact) mass is 355 g/mol. The minimum atomic E-state index is -0.652. The Bertz CT molecular complexity index is 828. The summed E-state index contributed by atoms with van der Waals surface area (Å²) < 4.78 is 5.78. The van der Waals surface area contributed by atoms with Crippen molar-refractivity contribution >= 4 is 23.2 Å². The number of ether oxygens (including phenoxy) is 1. The van der Waals surface area contributed by atoms with Gasteiger partial charge in [0.05, 0.1) is 12.1 Å². The topological polar surface area (TPSA) is 46.6 Å². The number of carbonyl (C=O) groups is 2. The largest absolute Gasteiger partial charge is 0.449 e. The molecule has 5 heteroatoms. The van der Waals surface area contributed by atoms with Crippen molar-refractivity contribution in [3.63, 3.8) is 0 Å². The molecule has 1 unspecified atom stereocenters. The van der Waals surface area contributed by atoms with Gasteiger partial charge in [-0.2, -0.15) is 0 Å². The van der Waals surface area contributed by atoms with E-state index in [0.717, 1.165) is 31.4 Å². The maximum Gasteiger partial charge on any atom is 0.339 e. The van der Waals surface area contributed by atoms with E-state index in [0.29, 0.717) is 18.5 Å². The molecule has 3 heterocycles. The highest BCUT2D eigenvalue weighted by Crippen LogP contribution is 2.42. The highest BCUT2D eigenvalue weighted by molar-refractivity contribution is 7.10. The Kier molecular flexibility index (Phi) is 4.12. The van der Waals surface area contributed by atoms with Crippen LogP contribution in [0, 0.1) is 6.92 Å². The van der Waals surface area contributed by atoms with Crippen molar-refractivity contribution in [1.82, 2.24) is 4.90 Å². The number of carbonyl (C=O) groups excluding carboxylic acids is 2. The molecule has 4 rings (SSSR count). The van der Waals surface area contributed by atoms with Gasteiger partial charge in [-0.25, -0.2) is 4.79 Å². The number of amides is 1. The first-order valence-corrected chi connectivity index (χ1v) is 9.61. The van der Waals surface area contributed by atoms with Crippen LogP contribution in [0.1, 0.15) is 45.6 Å². The van der Waals surface area contributed by atoms with E-state index in [1.54, 1.807) is 11.3 Å². The zero-order chi connectivity index (χ0) is 17.4. The van der Waals surface area contributed by atoms with Crippen LogP contribution in [0.5, 0.6) is 0 Å². The Labute approximate surface area is 151 Å². The van der Waals surface area contributed by atoms with E-state index in [4.69, 9.17) is 4.74 Å². The molecule has 0 N–H and O–H groups in total. The number of fused-ring (bicyclic) bond motifs is 2. The molecule has 25 heavy (non-hydrogen) atoms. The highest BCUT2D eigenvalue weighted by Gasteiger charge is 2.48. The standard InChI is InChI=1S/C20H21NO3S/c1-14-9-12-25-17(14)7-8-18(22)21-11-4-10-20(13-21)16-6-3-2-5-15(16)19(23)24-20/h2-3,5-6,9,12H,4,7-8,10-11,13H2,1H3. The molecule has 0 radical (unpaired) electrons. The van der Waals surface area contributed by atoms with E-state index in [-0.39, 0.29) is 11.9 Å². The number of thiophene rings is 1. The number of nitrogens with zero attached hydrogens (tertiary/aromatic N) is 1. The SMILES string of the molecule is Cc1ccsc1CCC(=O)N1CCCC2(C1)OC(=O)c1ccccc12. The maximum atomic E-state index is 12.7. The summed E-state index contributed by atoms with van der Waals surface area (Å²) in [5.41, 5.74) is 2.18. The molecular formula is C20H21NO3S. The molecule has 1 aromatic carbocycles. The van der Waals surface area contributed by atoms with Crippen molar-refractivity contribution in [2.24, 2.45) is 0 Å². The van der Waals surface area contributed by atoms with Gasteiger partial charge >= 0.3 is 5.97 Å². The number of aryl methyl sites for hydroxylation is 2. The van der Waals surface area contributed by atoms with Gasteiger partial charge in [-0.05, 0) is 49.3 Å². The van der Waals surface area contributed by atoms with Crippen LogP contribution < -0.4 is 0 Å². The fourth-order valence-electron chi connectivity index (χ4n) is 3.92. The van der Waals surface area contributed by atoms with Gasteiger partial charge in [0.2, 0.25) is 5.91 Å². The summed E-state index contributed by atoms with van der Waals surface area (Å²) in [6, 6.07) is 9.66. The first-order valence-electron chi connectivity index (χ1n) is 8.73. The molecule has 1 spiro atoms. The third-order valence-electron chi connectivity index (χ3n) is 5.27. The smallest absolute Gasteiger partial charge is 0.339 e. The quantitative estimate of drug-likeness (QED) is 0.789. The van der Waals surface area contributed by atoms with Crippen LogP contribution in [0.2, 0.25) is 0 Å². The Morgan fingerprint density at radius 3 is 2.96 bits per heavy atom. The van der Waals surface area contributed by atoms with E-state index >= 15 is 0 Å². The zero-order valence-electron chi connectivity index (χ0n) is 14.3. The number of piperidine rings is 1. The molecular weight excluding hydrogens is 334 g/mol. The molecule has 0 aliphatic carbocycles. The van der Waals surface area contributed by atoms with Crippen LogP contribution in [-0.2, 0) is 21.6 Å². The van der Waals surface area contributed by atoms with Gasteiger partial charge in [-0.1, -0.05) is 18.2 Å². The maximum absolute atomic E-state index is 12.7. The lowest BCUT2D eigenvalue weighted by Gasteiger charge is -2.39. The lowest BCUT2D eigenvalue weighted by molar-refractivity contribution is -0.138. The summed E-state index contributed by atoms with van der Waals surface area (Å²) in [5, 5.41) is 2.07. The first-order chi connectivity index (χ1) is 12.1. The Balaban J connectivity index is 1.49. The van der Waals surface area contributed by atoms with E-state index in [9.17, 15) is 9.59 Å². The first kappa shape index (κ1) is 16.3. The van der Waals surface area contributed by atoms with Crippen molar-refractivity contribution in [3.05, 3.63) is 57.3 Å². The fraction of sp³-hybridized carbons (Fsp3) is 0.400. The molecule has 1 atom stereocenters. The molecule has 2 aliphatic heterocycles. The predicted octanol–water partition coefficient (Wildman–Crippen LogP) is 3.68. The molecule has 2 aromatic rings.